The van der Waals surface area contributed by atoms with Crippen molar-refractivity contribution in [2.75, 3.05) is 0 Å². The molecule has 132 valence electrons. The largest absolute Gasteiger partial charge is 0.522 e. The summed E-state index contributed by atoms with van der Waals surface area (Å²) in [6.07, 6.45) is 2.13. The SMILES string of the molecule is O=S(=O)(O)C(F)(F)F.c1ccc(C[n+]2cccc3ccccc32)cc1. The molecule has 1 N–H and O–H groups in total. The molecule has 1 heterocycles. The first-order valence-electron chi connectivity index (χ1n) is 7.13. The molecule has 0 saturated heterocycles. The van der Waals surface area contributed by atoms with E-state index < -0.39 is 15.6 Å². The number of aromatic nitrogens is 1. The van der Waals surface area contributed by atoms with Crippen LogP contribution in [0.5, 0.6) is 0 Å². The van der Waals surface area contributed by atoms with Gasteiger partial charge in [-0.3, -0.25) is 4.55 Å². The van der Waals surface area contributed by atoms with Crippen molar-refractivity contribution in [3.63, 3.8) is 0 Å². The van der Waals surface area contributed by atoms with Crippen LogP contribution in [0.4, 0.5) is 13.2 Å². The van der Waals surface area contributed by atoms with Crippen molar-refractivity contribution < 1.29 is 30.7 Å². The third-order valence-corrected chi connectivity index (χ3v) is 3.86. The first-order valence-corrected chi connectivity index (χ1v) is 8.57. The van der Waals surface area contributed by atoms with Gasteiger partial charge in [0.05, 0.1) is 0 Å². The van der Waals surface area contributed by atoms with Gasteiger partial charge in [0, 0.05) is 23.1 Å². The van der Waals surface area contributed by atoms with Crippen molar-refractivity contribution in [3.05, 3.63) is 78.5 Å². The average Bonchev–Trinajstić information content (AvgIpc) is 2.55. The molecule has 0 aliphatic carbocycles. The normalized spacial score (nSPS) is 11.7. The Hall–Kier alpha value is -2.45. The fraction of sp³-hybridized carbons (Fsp3) is 0.118. The van der Waals surface area contributed by atoms with Crippen LogP contribution in [0.2, 0.25) is 0 Å². The zero-order valence-corrected chi connectivity index (χ0v) is 13.7. The van der Waals surface area contributed by atoms with E-state index in [1.54, 1.807) is 0 Å². The summed E-state index contributed by atoms with van der Waals surface area (Å²) in [7, 11) is -5.84. The predicted octanol–water partition coefficient (Wildman–Crippen LogP) is 3.57. The van der Waals surface area contributed by atoms with Crippen molar-refractivity contribution in [2.45, 2.75) is 12.1 Å². The fourth-order valence-corrected chi connectivity index (χ4v) is 2.14. The lowest BCUT2D eigenvalue weighted by Crippen LogP contribution is -2.34. The van der Waals surface area contributed by atoms with Crippen LogP contribution in [-0.2, 0) is 16.7 Å². The summed E-state index contributed by atoms with van der Waals surface area (Å²) >= 11 is 0. The highest BCUT2D eigenvalue weighted by Gasteiger charge is 2.44. The standard InChI is InChI=1S/C16H14N.CHF3O3S/c1-2-7-14(8-3-1)13-17-12-6-10-15-9-4-5-11-16(15)17;2-1(3,4)8(5,6)7/h1-12H,13H2;(H,5,6,7)/q+1;. The highest BCUT2D eigenvalue weighted by Crippen LogP contribution is 2.20. The maximum atomic E-state index is 10.7. The summed E-state index contributed by atoms with van der Waals surface area (Å²) in [4.78, 5) is 0. The fourth-order valence-electron chi connectivity index (χ4n) is 2.14. The van der Waals surface area contributed by atoms with Crippen LogP contribution in [0.25, 0.3) is 10.9 Å². The van der Waals surface area contributed by atoms with Gasteiger partial charge in [-0.1, -0.05) is 42.5 Å². The maximum absolute atomic E-state index is 10.7. The molecule has 0 atom stereocenters. The Morgan fingerprint density at radius 2 is 1.40 bits per heavy atom. The van der Waals surface area contributed by atoms with E-state index >= 15 is 0 Å². The second-order valence-corrected chi connectivity index (χ2v) is 6.51. The maximum Gasteiger partial charge on any atom is 0.522 e. The zero-order chi connectivity index (χ0) is 18.5. The van der Waals surface area contributed by atoms with E-state index in [4.69, 9.17) is 13.0 Å². The van der Waals surface area contributed by atoms with Crippen molar-refractivity contribution in [1.82, 2.24) is 0 Å². The number of alkyl halides is 3. The topological polar surface area (TPSA) is 58.3 Å². The van der Waals surface area contributed by atoms with Gasteiger partial charge in [0.2, 0.25) is 5.52 Å². The molecule has 3 aromatic rings. The highest BCUT2D eigenvalue weighted by molar-refractivity contribution is 7.86. The summed E-state index contributed by atoms with van der Waals surface area (Å²) in [5.74, 6) is 0. The lowest BCUT2D eigenvalue weighted by atomic mass is 10.2. The lowest BCUT2D eigenvalue weighted by molar-refractivity contribution is -0.662. The van der Waals surface area contributed by atoms with Gasteiger partial charge in [0.15, 0.2) is 12.7 Å². The van der Waals surface area contributed by atoms with Crippen LogP contribution in [0, 0.1) is 0 Å². The van der Waals surface area contributed by atoms with E-state index in [2.05, 4.69) is 77.5 Å². The molecule has 0 amide bonds. The van der Waals surface area contributed by atoms with Gasteiger partial charge in [0.25, 0.3) is 0 Å². The van der Waals surface area contributed by atoms with E-state index in [0.717, 1.165) is 6.54 Å². The smallest absolute Gasteiger partial charge is 0.279 e. The molecular formula is C17H15F3NO3S+. The van der Waals surface area contributed by atoms with Gasteiger partial charge in [-0.15, -0.1) is 0 Å². The predicted molar refractivity (Wildman–Crippen MR) is 87.3 cm³/mol. The van der Waals surface area contributed by atoms with Crippen LogP contribution in [-0.4, -0.2) is 18.5 Å². The Labute approximate surface area is 142 Å². The van der Waals surface area contributed by atoms with Crippen LogP contribution in [0.15, 0.2) is 72.9 Å². The monoisotopic (exact) mass is 370 g/mol. The minimum atomic E-state index is -5.84. The minimum absolute atomic E-state index is 0.919. The molecule has 8 heteroatoms. The molecule has 0 spiro atoms. The molecule has 0 radical (unpaired) electrons. The van der Waals surface area contributed by atoms with Crippen molar-refractivity contribution in [3.8, 4) is 0 Å². The molecule has 2 aromatic carbocycles. The molecule has 0 saturated carbocycles. The molecule has 4 nitrogen and oxygen atoms in total. The number of para-hydroxylation sites is 1. The van der Waals surface area contributed by atoms with Crippen molar-refractivity contribution >= 4 is 21.0 Å². The molecule has 0 bridgehead atoms. The summed E-state index contributed by atoms with van der Waals surface area (Å²) < 4.78 is 59.8. The van der Waals surface area contributed by atoms with Crippen LogP contribution in [0.3, 0.4) is 0 Å². The van der Waals surface area contributed by atoms with Crippen LogP contribution >= 0.6 is 0 Å². The first-order chi connectivity index (χ1) is 11.7. The van der Waals surface area contributed by atoms with Crippen LogP contribution in [0.1, 0.15) is 5.56 Å². The second-order valence-electron chi connectivity index (χ2n) is 5.10. The van der Waals surface area contributed by atoms with E-state index in [-0.39, 0.29) is 0 Å². The molecule has 0 fully saturated rings. The van der Waals surface area contributed by atoms with Gasteiger partial charge in [-0.2, -0.15) is 26.2 Å². The van der Waals surface area contributed by atoms with Gasteiger partial charge in [-0.05, 0) is 12.1 Å². The molecule has 3 rings (SSSR count). The Kier molecular flexibility index (Phi) is 5.76. The summed E-state index contributed by atoms with van der Waals surface area (Å²) in [5, 5.41) is 1.28. The minimum Gasteiger partial charge on any atom is -0.279 e. The number of hydrogen-bond donors (Lipinski definition) is 1. The van der Waals surface area contributed by atoms with E-state index in [9.17, 15) is 13.2 Å². The summed E-state index contributed by atoms with van der Waals surface area (Å²) in [6, 6.07) is 23.3. The van der Waals surface area contributed by atoms with E-state index in [1.165, 1.54) is 16.5 Å². The number of fused-ring (bicyclic) bond motifs is 1. The van der Waals surface area contributed by atoms with E-state index in [0.29, 0.717) is 0 Å². The molecular weight excluding hydrogens is 355 g/mol. The second kappa shape index (κ2) is 7.62. The van der Waals surface area contributed by atoms with Crippen molar-refractivity contribution in [2.24, 2.45) is 0 Å². The lowest BCUT2D eigenvalue weighted by Gasteiger charge is -2.01. The molecule has 1 aromatic heterocycles. The zero-order valence-electron chi connectivity index (χ0n) is 12.9. The Morgan fingerprint density at radius 3 is 2.00 bits per heavy atom. The quantitative estimate of drug-likeness (QED) is 0.426. The number of halogens is 3. The number of pyridine rings is 1. The summed E-state index contributed by atoms with van der Waals surface area (Å²) in [5.41, 5.74) is -2.93. The molecule has 0 aliphatic heterocycles. The number of nitrogens with zero attached hydrogens (tertiary/aromatic N) is 1. The van der Waals surface area contributed by atoms with E-state index in [1.807, 2.05) is 0 Å². The van der Waals surface area contributed by atoms with Gasteiger partial charge in [-0.25, -0.2) is 0 Å². The number of benzene rings is 2. The Bertz CT molecular complexity index is 937. The summed E-state index contributed by atoms with van der Waals surface area (Å²) in [6.45, 7) is 0.919. The van der Waals surface area contributed by atoms with Gasteiger partial charge < -0.3 is 0 Å². The number of rotatable bonds is 2. The Balaban J connectivity index is 0.000000242. The average molecular weight is 370 g/mol. The molecule has 25 heavy (non-hydrogen) atoms. The van der Waals surface area contributed by atoms with Crippen molar-refractivity contribution in [1.29, 1.82) is 0 Å². The van der Waals surface area contributed by atoms with Gasteiger partial charge in [0.1, 0.15) is 0 Å². The highest BCUT2D eigenvalue weighted by atomic mass is 32.2. The van der Waals surface area contributed by atoms with Gasteiger partial charge >= 0.3 is 15.6 Å². The molecule has 0 aliphatic rings. The first kappa shape index (κ1) is 18.9. The third-order valence-electron chi connectivity index (χ3n) is 3.28. The molecule has 0 unspecified atom stereocenters. The Morgan fingerprint density at radius 1 is 0.880 bits per heavy atom. The van der Waals surface area contributed by atoms with Crippen LogP contribution < -0.4 is 4.57 Å². The third kappa shape index (κ3) is 5.27. The number of hydrogen-bond acceptors (Lipinski definition) is 2.